The highest BCUT2D eigenvalue weighted by Gasteiger charge is 2.16. The highest BCUT2D eigenvalue weighted by atomic mass is 16.5. The van der Waals surface area contributed by atoms with Gasteiger partial charge in [0.15, 0.2) is 13.3 Å². The number of ether oxygens (including phenoxy) is 2. The van der Waals surface area contributed by atoms with E-state index in [9.17, 15) is 9.59 Å². The largest absolute Gasteiger partial charge is 0.483 e. The highest BCUT2D eigenvalue weighted by Crippen LogP contribution is 2.24. The Morgan fingerprint density at radius 2 is 1.83 bits per heavy atom. The summed E-state index contributed by atoms with van der Waals surface area (Å²) in [5.74, 6) is -0.252. The number of nitrogens with zero attached hydrogens (tertiary/aromatic N) is 2. The van der Waals surface area contributed by atoms with Crippen molar-refractivity contribution in [3.8, 4) is 5.75 Å². The SMILES string of the molecule is CC(=O)OCN(N=Cc1ccc2cc[nH]c2c1)C(=O)COc1c(C)cc(C)cc1C. The summed E-state index contributed by atoms with van der Waals surface area (Å²) in [6, 6.07) is 11.7. The van der Waals surface area contributed by atoms with Crippen LogP contribution in [0.3, 0.4) is 0 Å². The van der Waals surface area contributed by atoms with E-state index in [1.165, 1.54) is 6.92 Å². The van der Waals surface area contributed by atoms with Crippen LogP contribution in [-0.2, 0) is 14.3 Å². The molecule has 0 unspecified atom stereocenters. The number of carbonyl (C=O) groups excluding carboxylic acids is 2. The fraction of sp³-hybridized carbons (Fsp3) is 0.261. The zero-order valence-corrected chi connectivity index (χ0v) is 17.6. The lowest BCUT2D eigenvalue weighted by molar-refractivity contribution is -0.151. The van der Waals surface area contributed by atoms with Gasteiger partial charge in [-0.2, -0.15) is 10.1 Å². The fourth-order valence-electron chi connectivity index (χ4n) is 3.21. The summed E-state index contributed by atoms with van der Waals surface area (Å²) in [5, 5.41) is 6.38. The van der Waals surface area contributed by atoms with Gasteiger partial charge in [0, 0.05) is 18.6 Å². The lowest BCUT2D eigenvalue weighted by atomic mass is 10.1. The molecule has 0 bridgehead atoms. The van der Waals surface area contributed by atoms with Gasteiger partial charge < -0.3 is 14.5 Å². The molecule has 7 nitrogen and oxygen atoms in total. The average molecular weight is 407 g/mol. The summed E-state index contributed by atoms with van der Waals surface area (Å²) in [6.45, 7) is 6.65. The minimum atomic E-state index is -0.498. The van der Waals surface area contributed by atoms with Gasteiger partial charge in [0.05, 0.1) is 6.21 Å². The van der Waals surface area contributed by atoms with Crippen molar-refractivity contribution in [2.24, 2.45) is 5.10 Å². The first kappa shape index (κ1) is 21.1. The maximum atomic E-state index is 12.7. The van der Waals surface area contributed by atoms with Crippen LogP contribution in [0.5, 0.6) is 5.75 Å². The van der Waals surface area contributed by atoms with Crippen LogP contribution in [-0.4, -0.2) is 41.4 Å². The number of amides is 1. The number of nitrogens with one attached hydrogen (secondary N) is 1. The van der Waals surface area contributed by atoms with Crippen LogP contribution < -0.4 is 4.74 Å². The molecule has 156 valence electrons. The Balaban J connectivity index is 1.73. The lowest BCUT2D eigenvalue weighted by Gasteiger charge is -2.18. The van der Waals surface area contributed by atoms with Crippen molar-refractivity contribution in [3.05, 3.63) is 64.8 Å². The van der Waals surface area contributed by atoms with Crippen LogP contribution in [0.1, 0.15) is 29.2 Å². The second-order valence-corrected chi connectivity index (χ2v) is 7.14. The number of aryl methyl sites for hydroxylation is 3. The summed E-state index contributed by atoms with van der Waals surface area (Å²) in [4.78, 5) is 27.0. The third-order valence-electron chi connectivity index (χ3n) is 4.55. The van der Waals surface area contributed by atoms with E-state index in [0.717, 1.165) is 38.2 Å². The number of hydrogen-bond acceptors (Lipinski definition) is 5. The molecule has 2 aromatic carbocycles. The summed E-state index contributed by atoms with van der Waals surface area (Å²) in [6.07, 6.45) is 3.40. The van der Waals surface area contributed by atoms with Crippen LogP contribution in [0, 0.1) is 20.8 Å². The number of benzene rings is 2. The van der Waals surface area contributed by atoms with E-state index in [1.807, 2.05) is 63.4 Å². The number of hydrogen-bond donors (Lipinski definition) is 1. The quantitative estimate of drug-likeness (QED) is 0.279. The first-order chi connectivity index (χ1) is 14.3. The van der Waals surface area contributed by atoms with Gasteiger partial charge in [-0.05, 0) is 55.0 Å². The summed E-state index contributed by atoms with van der Waals surface area (Å²) in [7, 11) is 0. The van der Waals surface area contributed by atoms with Gasteiger partial charge in [0.25, 0.3) is 5.91 Å². The van der Waals surface area contributed by atoms with Crippen molar-refractivity contribution in [2.45, 2.75) is 27.7 Å². The van der Waals surface area contributed by atoms with Crippen LogP contribution >= 0.6 is 0 Å². The molecule has 1 amide bonds. The minimum absolute atomic E-state index is 0.223. The smallest absolute Gasteiger partial charge is 0.304 e. The van der Waals surface area contributed by atoms with Crippen molar-refractivity contribution in [1.82, 2.24) is 9.99 Å². The molecular formula is C23H25N3O4. The van der Waals surface area contributed by atoms with Crippen molar-refractivity contribution >= 4 is 29.0 Å². The number of esters is 1. The predicted octanol–water partition coefficient (Wildman–Crippen LogP) is 3.86. The molecule has 7 heteroatoms. The van der Waals surface area contributed by atoms with Gasteiger partial charge in [-0.25, -0.2) is 0 Å². The zero-order valence-electron chi connectivity index (χ0n) is 17.6. The predicted molar refractivity (Wildman–Crippen MR) is 116 cm³/mol. The first-order valence-corrected chi connectivity index (χ1v) is 9.59. The van der Waals surface area contributed by atoms with Crippen LogP contribution in [0.25, 0.3) is 10.9 Å². The fourth-order valence-corrected chi connectivity index (χ4v) is 3.21. The molecule has 3 aromatic rings. The Morgan fingerprint density at radius 3 is 2.53 bits per heavy atom. The molecule has 0 saturated carbocycles. The maximum Gasteiger partial charge on any atom is 0.304 e. The molecule has 0 aliphatic carbocycles. The molecule has 1 N–H and O–H groups in total. The van der Waals surface area contributed by atoms with Gasteiger partial charge in [0.1, 0.15) is 5.75 Å². The number of aromatic amines is 1. The molecule has 0 aliphatic heterocycles. The number of rotatable bonds is 7. The molecule has 0 spiro atoms. The number of carbonyl (C=O) groups is 2. The lowest BCUT2D eigenvalue weighted by Crippen LogP contribution is -2.33. The number of aromatic nitrogens is 1. The van der Waals surface area contributed by atoms with E-state index in [0.29, 0.717) is 5.75 Å². The Morgan fingerprint density at radius 1 is 1.10 bits per heavy atom. The zero-order chi connectivity index (χ0) is 21.7. The molecule has 0 atom stereocenters. The molecular weight excluding hydrogens is 382 g/mol. The Kier molecular flexibility index (Phi) is 6.51. The number of H-pyrrole nitrogens is 1. The van der Waals surface area contributed by atoms with Crippen molar-refractivity contribution < 1.29 is 19.1 Å². The maximum absolute atomic E-state index is 12.7. The van der Waals surface area contributed by atoms with E-state index < -0.39 is 11.9 Å². The van der Waals surface area contributed by atoms with Crippen LogP contribution in [0.2, 0.25) is 0 Å². The normalized spacial score (nSPS) is 11.1. The van der Waals surface area contributed by atoms with E-state index in [1.54, 1.807) is 6.21 Å². The monoisotopic (exact) mass is 407 g/mol. The molecule has 3 rings (SSSR count). The van der Waals surface area contributed by atoms with Crippen LogP contribution in [0.15, 0.2) is 47.7 Å². The summed E-state index contributed by atoms with van der Waals surface area (Å²) in [5.41, 5.74) is 4.80. The van der Waals surface area contributed by atoms with Crippen molar-refractivity contribution in [2.75, 3.05) is 13.3 Å². The van der Waals surface area contributed by atoms with E-state index >= 15 is 0 Å². The Bertz CT molecular complexity index is 1080. The van der Waals surface area contributed by atoms with E-state index in [2.05, 4.69) is 10.1 Å². The first-order valence-electron chi connectivity index (χ1n) is 9.59. The van der Waals surface area contributed by atoms with E-state index in [-0.39, 0.29) is 13.3 Å². The van der Waals surface area contributed by atoms with Gasteiger partial charge >= 0.3 is 5.97 Å². The van der Waals surface area contributed by atoms with Gasteiger partial charge in [-0.3, -0.25) is 9.59 Å². The molecule has 0 aliphatic rings. The molecule has 30 heavy (non-hydrogen) atoms. The number of fused-ring (bicyclic) bond motifs is 1. The van der Waals surface area contributed by atoms with Crippen molar-refractivity contribution in [1.29, 1.82) is 0 Å². The Hall–Kier alpha value is -3.61. The molecule has 1 heterocycles. The average Bonchev–Trinajstić information content (AvgIpc) is 3.14. The van der Waals surface area contributed by atoms with Crippen molar-refractivity contribution in [3.63, 3.8) is 0 Å². The van der Waals surface area contributed by atoms with Crippen LogP contribution in [0.4, 0.5) is 0 Å². The number of hydrazone groups is 1. The standard InChI is InChI=1S/C23H25N3O4/c1-15-9-16(2)23(17(3)10-15)29-13-22(28)26(14-30-18(4)27)25-12-19-5-6-20-7-8-24-21(20)11-19/h5-12,24H,13-14H2,1-4H3. The van der Waals surface area contributed by atoms with Gasteiger partial charge in [-0.15, -0.1) is 0 Å². The highest BCUT2D eigenvalue weighted by molar-refractivity contribution is 5.89. The summed E-state index contributed by atoms with van der Waals surface area (Å²) < 4.78 is 10.7. The topological polar surface area (TPSA) is 84.0 Å². The second kappa shape index (κ2) is 9.26. The summed E-state index contributed by atoms with van der Waals surface area (Å²) >= 11 is 0. The minimum Gasteiger partial charge on any atom is -0.483 e. The van der Waals surface area contributed by atoms with Gasteiger partial charge in [0.2, 0.25) is 0 Å². The molecule has 1 aromatic heterocycles. The third-order valence-corrected chi connectivity index (χ3v) is 4.55. The Labute approximate surface area is 175 Å². The molecule has 0 fully saturated rings. The molecule has 0 radical (unpaired) electrons. The molecule has 0 saturated heterocycles. The van der Waals surface area contributed by atoms with Gasteiger partial charge in [-0.1, -0.05) is 29.8 Å². The third kappa shape index (κ3) is 5.26. The second-order valence-electron chi connectivity index (χ2n) is 7.14. The van der Waals surface area contributed by atoms with E-state index in [4.69, 9.17) is 9.47 Å².